The monoisotopic (exact) mass is 1610 g/mol. The van der Waals surface area contributed by atoms with Crippen LogP contribution in [0.2, 0.25) is 0 Å². The van der Waals surface area contributed by atoms with E-state index in [2.05, 4.69) is 176 Å². The molecule has 68 heavy (non-hydrogen) atoms. The molecule has 4 N–H and O–H groups in total. The van der Waals surface area contributed by atoms with E-state index in [9.17, 15) is 19.2 Å². The van der Waals surface area contributed by atoms with Crippen molar-refractivity contribution in [2.45, 2.75) is 156 Å². The first-order valence-electron chi connectivity index (χ1n) is 24.4. The van der Waals surface area contributed by atoms with E-state index in [0.717, 1.165) is 87.8 Å². The van der Waals surface area contributed by atoms with Crippen LogP contribution in [-0.4, -0.2) is 49.3 Å². The lowest BCUT2D eigenvalue weighted by Crippen LogP contribution is -2.51. The number of allylic oxidation sites excluding steroid dienone is 1. The number of halogens is 6. The molecule has 0 aliphatic heterocycles. The molecule has 4 aliphatic rings. The van der Waals surface area contributed by atoms with Gasteiger partial charge in [0, 0.05) is 40.7 Å². The summed E-state index contributed by atoms with van der Waals surface area (Å²) in [6, 6.07) is 3.96. The molecule has 6 rings (SSSR count). The van der Waals surface area contributed by atoms with Crippen molar-refractivity contribution in [3.8, 4) is 0 Å². The molecule has 0 spiro atoms. The van der Waals surface area contributed by atoms with Gasteiger partial charge in [-0.1, -0.05) is 65.5 Å². The summed E-state index contributed by atoms with van der Waals surface area (Å²) >= 11 is 13.3. The lowest BCUT2D eigenvalue weighted by Gasteiger charge is -2.58. The average molecular weight is 1610 g/mol. The number of anilines is 2. The van der Waals surface area contributed by atoms with Crippen LogP contribution in [0.5, 0.6) is 0 Å². The number of hydrogen-bond acceptors (Lipinski definition) is 10. The van der Waals surface area contributed by atoms with Gasteiger partial charge in [-0.05, 0) is 263 Å². The van der Waals surface area contributed by atoms with Crippen LogP contribution in [0.15, 0.2) is 23.8 Å². The molecular weight excluding hydrogens is 1540 g/mol. The molecule has 3 fully saturated rings. The Morgan fingerprint density at radius 3 is 1.84 bits per heavy atom. The van der Waals surface area contributed by atoms with Crippen LogP contribution in [0.1, 0.15) is 142 Å². The molecule has 0 heterocycles. The molecule has 8 atom stereocenters. The Labute approximate surface area is 486 Å². The van der Waals surface area contributed by atoms with Gasteiger partial charge >= 0.3 is 23.9 Å². The number of nitrogens with two attached hydrogens (primary N) is 2. The highest BCUT2D eigenvalue weighted by Crippen LogP contribution is 2.67. The van der Waals surface area contributed by atoms with Gasteiger partial charge < -0.3 is 30.4 Å². The Morgan fingerprint density at radius 2 is 1.26 bits per heavy atom. The van der Waals surface area contributed by atoms with Gasteiger partial charge in [0.2, 0.25) is 0 Å². The third kappa shape index (κ3) is 14.0. The van der Waals surface area contributed by atoms with Crippen LogP contribution < -0.4 is 11.5 Å². The molecule has 4 aliphatic carbocycles. The van der Waals surface area contributed by atoms with E-state index in [-0.39, 0.29) is 50.4 Å². The summed E-state index contributed by atoms with van der Waals surface area (Å²) in [4.78, 5) is 52.6. The van der Waals surface area contributed by atoms with Crippen molar-refractivity contribution in [1.82, 2.24) is 0 Å². The van der Waals surface area contributed by atoms with Crippen molar-refractivity contribution < 1.29 is 38.1 Å². The normalized spacial score (nSPS) is 25.8. The fourth-order valence-electron chi connectivity index (χ4n) is 12.3. The summed E-state index contributed by atoms with van der Waals surface area (Å²) in [5.74, 6) is 2.49. The molecule has 0 radical (unpaired) electrons. The zero-order valence-corrected chi connectivity index (χ0v) is 52.9. The van der Waals surface area contributed by atoms with Crippen molar-refractivity contribution in [3.63, 3.8) is 0 Å². The molecule has 3 saturated carbocycles. The van der Waals surface area contributed by atoms with Gasteiger partial charge in [0.05, 0.1) is 24.2 Å². The molecule has 3 unspecified atom stereocenters. The number of ether oxygens (including phenoxy) is 4. The van der Waals surface area contributed by atoms with Gasteiger partial charge in [0.25, 0.3) is 0 Å². The molecular formula is C52H68I6N2O8. The van der Waals surface area contributed by atoms with E-state index < -0.39 is 30.0 Å². The minimum Gasteiger partial charge on any atom is -0.462 e. The van der Waals surface area contributed by atoms with E-state index in [1.54, 1.807) is 0 Å². The van der Waals surface area contributed by atoms with E-state index in [4.69, 9.17) is 30.4 Å². The van der Waals surface area contributed by atoms with Crippen molar-refractivity contribution in [1.29, 1.82) is 0 Å². The highest BCUT2D eigenvalue weighted by atomic mass is 127. The van der Waals surface area contributed by atoms with Crippen molar-refractivity contribution >= 4 is 171 Å². The second kappa shape index (κ2) is 25.5. The number of nitrogen functional groups attached to an aromatic ring is 2. The fourth-order valence-corrected chi connectivity index (χ4v) is 20.1. The highest BCUT2D eigenvalue weighted by molar-refractivity contribution is 14.1. The third-order valence-electron chi connectivity index (χ3n) is 16.0. The zero-order valence-electron chi connectivity index (χ0n) is 40.0. The maximum Gasteiger partial charge on any atom is 0.306 e. The topological polar surface area (TPSA) is 157 Å². The van der Waals surface area contributed by atoms with Crippen LogP contribution >= 0.6 is 136 Å². The third-order valence-corrected chi connectivity index (χ3v) is 22.2. The second-order valence-corrected chi connectivity index (χ2v) is 27.5. The SMILES string of the molecule is CC(C)CCC[C@@H](C)[C@H]1CCC2C3CC=C4C[C@@H](OC(=O)CCC(=O)OC(COC(=O)CCc5c(I)cc(I)c(N)c5I)COC(=O)CCc5c(I)cc(I)c(N)c5I)CC[C@]4(C)C3CC[C@@]21C. The minimum atomic E-state index is -1.07. The molecule has 0 amide bonds. The molecule has 0 saturated heterocycles. The quantitative estimate of drug-likeness (QED) is 0.0430. The number of hydrogen-bond donors (Lipinski definition) is 2. The van der Waals surface area contributed by atoms with Crippen LogP contribution in [0.25, 0.3) is 0 Å². The summed E-state index contributed by atoms with van der Waals surface area (Å²) in [5, 5.41) is 0. The number of benzene rings is 2. The van der Waals surface area contributed by atoms with E-state index >= 15 is 0 Å². The van der Waals surface area contributed by atoms with Crippen molar-refractivity contribution in [2.24, 2.45) is 46.3 Å². The number of fused-ring (bicyclic) bond motifs is 5. The molecule has 0 aromatic heterocycles. The predicted molar refractivity (Wildman–Crippen MR) is 319 cm³/mol. The molecule has 2 aromatic rings. The molecule has 10 nitrogen and oxygen atoms in total. The van der Waals surface area contributed by atoms with E-state index in [1.165, 1.54) is 50.5 Å². The van der Waals surface area contributed by atoms with E-state index in [1.807, 2.05) is 12.1 Å². The second-order valence-electron chi connectivity index (χ2n) is 20.7. The van der Waals surface area contributed by atoms with Crippen LogP contribution in [-0.2, 0) is 51.0 Å². The van der Waals surface area contributed by atoms with Crippen LogP contribution in [0, 0.1) is 67.8 Å². The first-order chi connectivity index (χ1) is 32.1. The van der Waals surface area contributed by atoms with Gasteiger partial charge in [-0.15, -0.1) is 0 Å². The number of esters is 4. The van der Waals surface area contributed by atoms with Gasteiger partial charge in [0.15, 0.2) is 6.10 Å². The standard InChI is InChI=1S/C52H68I6N2O8/c1-28(2)7-6-8-29(3)36-13-14-37-33-10-9-30-23-31(19-21-51(30,4)38(33)20-22-52(36,37)5)67-45(63)17-18-46(64)68-32(26-65-43(61)15-11-34-39(53)24-41(55)49(59)47(34)57)27-66-44(62)16-12-35-40(54)25-42(56)50(60)48(35)58/h9,24-25,28-29,31-33,36-38H,6-8,10-23,26-27,59-60H2,1-5H3/t29-,31+,33?,36-,37?,38?,51+,52-/m1/s1. The summed E-state index contributed by atoms with van der Waals surface area (Å²) in [7, 11) is 0. The Kier molecular flexibility index (Phi) is 21.5. The maximum atomic E-state index is 13.3. The summed E-state index contributed by atoms with van der Waals surface area (Å²) in [6.45, 7) is 11.7. The molecule has 0 bridgehead atoms. The fraction of sp³-hybridized carbons (Fsp3) is 0.654. The molecule has 16 heteroatoms. The van der Waals surface area contributed by atoms with Gasteiger partial charge in [0.1, 0.15) is 19.3 Å². The molecule has 2 aromatic carbocycles. The molecule has 376 valence electrons. The largest absolute Gasteiger partial charge is 0.462 e. The number of carbonyl (C=O) groups is 4. The predicted octanol–water partition coefficient (Wildman–Crippen LogP) is 13.8. The highest BCUT2D eigenvalue weighted by Gasteiger charge is 2.59. The Hall–Kier alpha value is 0.0400. The zero-order chi connectivity index (χ0) is 49.7. The summed E-state index contributed by atoms with van der Waals surface area (Å²) < 4.78 is 28.6. The first kappa shape index (κ1) is 57.3. The summed E-state index contributed by atoms with van der Waals surface area (Å²) in [5.41, 5.74) is 17.8. The average Bonchev–Trinajstić information content (AvgIpc) is 3.65. The number of carbonyl (C=O) groups excluding carboxylic acids is 4. The summed E-state index contributed by atoms with van der Waals surface area (Å²) in [6.07, 6.45) is 14.9. The van der Waals surface area contributed by atoms with Crippen molar-refractivity contribution in [2.75, 3.05) is 24.7 Å². The van der Waals surface area contributed by atoms with Crippen molar-refractivity contribution in [3.05, 3.63) is 56.3 Å². The minimum absolute atomic E-state index is 0.0751. The van der Waals surface area contributed by atoms with Gasteiger partial charge in [-0.3, -0.25) is 19.2 Å². The Morgan fingerprint density at radius 1 is 0.691 bits per heavy atom. The van der Waals surface area contributed by atoms with Crippen LogP contribution in [0.3, 0.4) is 0 Å². The Balaban J connectivity index is 1.00. The van der Waals surface area contributed by atoms with Crippen LogP contribution in [0.4, 0.5) is 11.4 Å². The van der Waals surface area contributed by atoms with E-state index in [0.29, 0.717) is 35.5 Å². The van der Waals surface area contributed by atoms with Gasteiger partial charge in [-0.25, -0.2) is 0 Å². The lowest BCUT2D eigenvalue weighted by atomic mass is 9.47. The van der Waals surface area contributed by atoms with Gasteiger partial charge in [-0.2, -0.15) is 0 Å². The first-order valence-corrected chi connectivity index (χ1v) is 30.8. The Bertz CT molecular complexity index is 2140. The number of rotatable bonds is 20. The lowest BCUT2D eigenvalue weighted by molar-refractivity contribution is -0.168. The smallest absolute Gasteiger partial charge is 0.306 e. The maximum absolute atomic E-state index is 13.3.